The average Bonchev–Trinajstić information content (AvgIpc) is 3.40. The summed E-state index contributed by atoms with van der Waals surface area (Å²) in [5, 5.41) is 5.56. The predicted octanol–water partition coefficient (Wildman–Crippen LogP) is 10.6. The van der Waals surface area contributed by atoms with Crippen LogP contribution in [-0.4, -0.2) is 14.8 Å². The number of benzene rings is 10. The van der Waals surface area contributed by atoms with Crippen LogP contribution in [0.5, 0.6) is 11.5 Å². The highest BCUT2D eigenvalue weighted by Gasteiger charge is 2.50. The van der Waals surface area contributed by atoms with Crippen molar-refractivity contribution in [3.05, 3.63) is 264 Å². The molecule has 10 aromatic rings. The first-order chi connectivity index (χ1) is 33.3. The van der Waals surface area contributed by atoms with E-state index in [0.29, 0.717) is 0 Å². The van der Waals surface area contributed by atoms with Crippen LogP contribution in [-0.2, 0) is 0 Å². The topological polar surface area (TPSA) is 12.5 Å². The molecule has 5 heteroatoms. The van der Waals surface area contributed by atoms with E-state index in [4.69, 9.17) is 4.74 Å². The lowest BCUT2D eigenvalue weighted by atomic mass is 9.35. The lowest BCUT2D eigenvalue weighted by Gasteiger charge is -2.46. The number of fused-ring (bicyclic) bond motifs is 6. The molecule has 6 aliphatic rings. The van der Waals surface area contributed by atoms with Crippen LogP contribution in [0.3, 0.4) is 0 Å². The van der Waals surface area contributed by atoms with Gasteiger partial charge in [-0.3, -0.25) is 0 Å². The Labute approximate surface area is 396 Å². The normalized spacial score (nSPS) is 16.8. The van der Waals surface area contributed by atoms with Gasteiger partial charge >= 0.3 is 0 Å². The van der Waals surface area contributed by atoms with Crippen LogP contribution in [0.4, 0.5) is 17.1 Å². The van der Waals surface area contributed by atoms with Gasteiger partial charge in [0.05, 0.1) is 5.69 Å². The highest BCUT2D eigenvalue weighted by Crippen LogP contribution is 2.58. The number of hydrogen-bond acceptors (Lipinski definition) is 3. The standard InChI is InChI=1S/C62H40BNOSSi/c1-3-18-40(19-4-1)67(41-20-5-2-6-21-41)56-35-14-12-30-50(56)64(52-31-16-29-49-62(52)66-55-34-17-33-54-61(55)63(49)48-28-11-13-32-53(48)65-54)51-37-36-39(38-57(51)67)42-26-15-27-47-58-43-22-7-9-24-45(43)60(59(42)47)46-25-10-8-23-44(46)58/h1-38,58,60H. The Kier molecular flexibility index (Phi) is 7.99. The first-order valence-electron chi connectivity index (χ1n) is 23.4. The molecule has 3 heterocycles. The summed E-state index contributed by atoms with van der Waals surface area (Å²) in [4.78, 5) is 5.16. The molecule has 0 spiro atoms. The molecule has 10 aromatic carbocycles. The third-order valence-electron chi connectivity index (χ3n) is 15.4. The van der Waals surface area contributed by atoms with Crippen LogP contribution < -0.4 is 46.8 Å². The van der Waals surface area contributed by atoms with Crippen LogP contribution in [0, 0.1) is 0 Å². The minimum atomic E-state index is -3.01. The number of para-hydroxylation sites is 2. The van der Waals surface area contributed by atoms with Gasteiger partial charge in [-0.05, 0) is 113 Å². The Balaban J connectivity index is 1.01. The van der Waals surface area contributed by atoms with Gasteiger partial charge in [0.25, 0.3) is 6.71 Å². The molecule has 16 rings (SSSR count). The monoisotopic (exact) mass is 885 g/mol. The molecule has 0 saturated heterocycles. The third kappa shape index (κ3) is 5.08. The maximum Gasteiger partial charge on any atom is 0.253 e. The molecule has 2 bridgehead atoms. The van der Waals surface area contributed by atoms with Gasteiger partial charge in [-0.25, -0.2) is 0 Å². The molecule has 312 valence electrons. The summed E-state index contributed by atoms with van der Waals surface area (Å²) in [5.41, 5.74) is 18.7. The van der Waals surface area contributed by atoms with Gasteiger partial charge in [-0.1, -0.05) is 211 Å². The summed E-state index contributed by atoms with van der Waals surface area (Å²) in [6.07, 6.45) is 0. The molecular formula is C62H40BNOSSi. The van der Waals surface area contributed by atoms with Crippen molar-refractivity contribution in [2.75, 3.05) is 4.90 Å². The minimum absolute atomic E-state index is 0.0613. The van der Waals surface area contributed by atoms with E-state index in [2.05, 4.69) is 235 Å². The molecule has 0 atom stereocenters. The summed E-state index contributed by atoms with van der Waals surface area (Å²) in [5.74, 6) is 2.26. The lowest BCUT2D eigenvalue weighted by Crippen LogP contribution is -2.77. The van der Waals surface area contributed by atoms with E-state index in [1.165, 1.54) is 108 Å². The second-order valence-electron chi connectivity index (χ2n) is 18.5. The van der Waals surface area contributed by atoms with E-state index in [1.54, 1.807) is 0 Å². The van der Waals surface area contributed by atoms with Crippen LogP contribution in [0.2, 0.25) is 0 Å². The highest BCUT2D eigenvalue weighted by atomic mass is 32.2. The molecule has 0 radical (unpaired) electrons. The first kappa shape index (κ1) is 37.6. The fourth-order valence-corrected chi connectivity index (χ4v) is 19.3. The zero-order chi connectivity index (χ0) is 43.8. The maximum atomic E-state index is 6.60. The number of anilines is 3. The first-order valence-corrected chi connectivity index (χ1v) is 26.3. The third-order valence-corrected chi connectivity index (χ3v) is 21.5. The van der Waals surface area contributed by atoms with E-state index in [9.17, 15) is 0 Å². The van der Waals surface area contributed by atoms with E-state index in [-0.39, 0.29) is 18.5 Å². The fourth-order valence-electron chi connectivity index (χ4n) is 12.9. The molecule has 2 nitrogen and oxygen atoms in total. The summed E-state index contributed by atoms with van der Waals surface area (Å²) in [6.45, 7) is 0.0613. The second-order valence-corrected chi connectivity index (χ2v) is 23.3. The molecule has 67 heavy (non-hydrogen) atoms. The van der Waals surface area contributed by atoms with Crippen molar-refractivity contribution < 1.29 is 4.74 Å². The summed E-state index contributed by atoms with van der Waals surface area (Å²) < 4.78 is 6.60. The molecule has 0 saturated carbocycles. The Morgan fingerprint density at radius 1 is 0.433 bits per heavy atom. The van der Waals surface area contributed by atoms with Gasteiger partial charge in [0.1, 0.15) is 11.5 Å². The van der Waals surface area contributed by atoms with Crippen molar-refractivity contribution in [2.45, 2.75) is 21.6 Å². The summed E-state index contributed by atoms with van der Waals surface area (Å²) in [7, 11) is -3.01. The number of rotatable bonds is 4. The van der Waals surface area contributed by atoms with Crippen molar-refractivity contribution in [3.63, 3.8) is 0 Å². The van der Waals surface area contributed by atoms with Crippen molar-refractivity contribution in [1.29, 1.82) is 0 Å². The van der Waals surface area contributed by atoms with Gasteiger partial charge < -0.3 is 9.64 Å². The number of ether oxygens (including phenoxy) is 1. The van der Waals surface area contributed by atoms with Crippen molar-refractivity contribution in [1.82, 2.24) is 0 Å². The zero-order valence-electron chi connectivity index (χ0n) is 36.4. The molecule has 0 aromatic heterocycles. The number of hydrogen-bond donors (Lipinski definition) is 0. The smallest absolute Gasteiger partial charge is 0.253 e. The van der Waals surface area contributed by atoms with E-state index in [1.807, 2.05) is 11.8 Å². The largest absolute Gasteiger partial charge is 0.458 e. The molecule has 0 fully saturated rings. The average molecular weight is 886 g/mol. The molecule has 0 N–H and O–H groups in total. The SMILES string of the molecule is c1ccc([Si]2(c3ccccc3)c3ccccc3N(c3cccc4c3Sc3cccc5c3B4c3ccccc3O5)c3ccc(-c4cccc5c4C4c6ccccc6C5c5ccccc54)cc32)cc1. The highest BCUT2D eigenvalue weighted by molar-refractivity contribution is 8.00. The van der Waals surface area contributed by atoms with Crippen molar-refractivity contribution in [2.24, 2.45) is 0 Å². The Bertz CT molecular complexity index is 3620. The molecule has 3 aliphatic heterocycles. The van der Waals surface area contributed by atoms with Gasteiger partial charge in [0.15, 0.2) is 8.07 Å². The quantitative estimate of drug-likeness (QED) is 0.163. The van der Waals surface area contributed by atoms with E-state index >= 15 is 0 Å². The Morgan fingerprint density at radius 3 is 1.76 bits per heavy atom. The van der Waals surface area contributed by atoms with Gasteiger partial charge in [-0.15, -0.1) is 0 Å². The molecule has 0 unspecified atom stereocenters. The van der Waals surface area contributed by atoms with Gasteiger partial charge in [0.2, 0.25) is 0 Å². The maximum absolute atomic E-state index is 6.60. The van der Waals surface area contributed by atoms with Crippen molar-refractivity contribution in [3.8, 4) is 22.6 Å². The van der Waals surface area contributed by atoms with Crippen molar-refractivity contribution >= 4 is 80.7 Å². The van der Waals surface area contributed by atoms with Gasteiger partial charge in [-0.2, -0.15) is 0 Å². The van der Waals surface area contributed by atoms with Crippen LogP contribution in [0.15, 0.2) is 240 Å². The Hall–Kier alpha value is -7.57. The number of nitrogens with zero attached hydrogens (tertiary/aromatic N) is 1. The van der Waals surface area contributed by atoms with Gasteiger partial charge in [0, 0.05) is 33.0 Å². The summed E-state index contributed by atoms with van der Waals surface area (Å²) in [6, 6.07) is 87.4. The Morgan fingerprint density at radius 2 is 1.00 bits per heavy atom. The van der Waals surface area contributed by atoms with Crippen LogP contribution in [0.1, 0.15) is 45.2 Å². The van der Waals surface area contributed by atoms with E-state index in [0.717, 1.165) is 11.5 Å². The van der Waals surface area contributed by atoms with Crippen LogP contribution >= 0.6 is 11.8 Å². The minimum Gasteiger partial charge on any atom is -0.458 e. The lowest BCUT2D eigenvalue weighted by molar-refractivity contribution is 0.486. The molecule has 3 aliphatic carbocycles. The molecular weight excluding hydrogens is 846 g/mol. The predicted molar refractivity (Wildman–Crippen MR) is 280 cm³/mol. The fraction of sp³-hybridized carbons (Fsp3) is 0.0323. The second kappa shape index (κ2) is 14.2. The molecule has 0 amide bonds. The van der Waals surface area contributed by atoms with Crippen LogP contribution in [0.25, 0.3) is 11.1 Å². The van der Waals surface area contributed by atoms with E-state index < -0.39 is 8.07 Å². The zero-order valence-corrected chi connectivity index (χ0v) is 38.3. The summed E-state index contributed by atoms with van der Waals surface area (Å²) >= 11 is 1.89.